The van der Waals surface area contributed by atoms with Gasteiger partial charge in [-0.2, -0.15) is 0 Å². The Balaban J connectivity index is 1.89. The highest BCUT2D eigenvalue weighted by Crippen LogP contribution is 2.27. The number of rotatable bonds is 9. The molecule has 2 aromatic rings. The van der Waals surface area contributed by atoms with E-state index >= 15 is 0 Å². The maximum atomic E-state index is 13.3. The van der Waals surface area contributed by atoms with Crippen molar-refractivity contribution in [2.75, 3.05) is 18.9 Å². The highest BCUT2D eigenvalue weighted by Gasteiger charge is 2.24. The van der Waals surface area contributed by atoms with E-state index in [-0.39, 0.29) is 40.0 Å². The minimum atomic E-state index is -3.99. The first-order chi connectivity index (χ1) is 16.6. The quantitative estimate of drug-likeness (QED) is 0.309. The van der Waals surface area contributed by atoms with Gasteiger partial charge in [-0.15, -0.1) is 0 Å². The number of ketones is 1. The maximum Gasteiger partial charge on any atom is 0.305 e. The van der Waals surface area contributed by atoms with Gasteiger partial charge in [0.15, 0.2) is 0 Å². The SMILES string of the molecule is COC(=O)CCC1=CC=C(S(=O)(=O)Nc2ccc(Cl)cc2C(=O)c2ccc(C)[n+](OC)c2)CC=C1. The van der Waals surface area contributed by atoms with E-state index in [4.69, 9.17) is 16.4 Å². The van der Waals surface area contributed by atoms with Crippen LogP contribution in [0.3, 0.4) is 0 Å². The summed E-state index contributed by atoms with van der Waals surface area (Å²) in [6.07, 6.45) is 8.94. The predicted molar refractivity (Wildman–Crippen MR) is 132 cm³/mol. The molecule has 0 saturated carbocycles. The third kappa shape index (κ3) is 6.58. The molecule has 0 aliphatic heterocycles. The van der Waals surface area contributed by atoms with Gasteiger partial charge < -0.3 is 4.74 Å². The topological polar surface area (TPSA) is 103 Å². The molecule has 0 radical (unpaired) electrons. The number of nitrogens with zero attached hydrogens (tertiary/aromatic N) is 1. The van der Waals surface area contributed by atoms with Crippen LogP contribution in [0.4, 0.5) is 5.69 Å². The van der Waals surface area contributed by atoms with E-state index in [1.165, 1.54) is 49.4 Å². The number of halogens is 1. The van der Waals surface area contributed by atoms with E-state index in [1.807, 2.05) is 6.92 Å². The summed E-state index contributed by atoms with van der Waals surface area (Å²) in [6.45, 7) is 1.82. The van der Waals surface area contributed by atoms with Crippen molar-refractivity contribution in [3.8, 4) is 0 Å². The molecule has 184 valence electrons. The number of ether oxygens (including phenoxy) is 1. The van der Waals surface area contributed by atoms with Gasteiger partial charge in [-0.1, -0.05) is 29.8 Å². The largest absolute Gasteiger partial charge is 0.469 e. The standard InChI is InChI=1S/C25H25ClN2O6S/c1-17-7-10-19(16-28(17)34-3)25(30)22-15-20(26)11-13-23(22)27-35(31,32)21-6-4-5-18(8-12-21)9-14-24(29)33-2/h4-5,7-8,10-13,15-16H,6,9,14H2,1-3H3/p+1. The van der Waals surface area contributed by atoms with Gasteiger partial charge in [0, 0.05) is 41.1 Å². The molecule has 0 amide bonds. The van der Waals surface area contributed by atoms with Gasteiger partial charge in [-0.25, -0.2) is 8.42 Å². The smallest absolute Gasteiger partial charge is 0.305 e. The number of hydrogen-bond donors (Lipinski definition) is 1. The Morgan fingerprint density at radius 2 is 1.91 bits per heavy atom. The molecule has 1 N–H and O–H groups in total. The molecule has 0 atom stereocenters. The van der Waals surface area contributed by atoms with Crippen molar-refractivity contribution in [3.63, 3.8) is 0 Å². The van der Waals surface area contributed by atoms with E-state index < -0.39 is 15.8 Å². The van der Waals surface area contributed by atoms with Crippen molar-refractivity contribution in [1.82, 2.24) is 0 Å². The van der Waals surface area contributed by atoms with Crippen molar-refractivity contribution in [3.05, 3.63) is 93.2 Å². The summed E-state index contributed by atoms with van der Waals surface area (Å²) in [4.78, 5) is 30.0. The molecule has 1 aliphatic carbocycles. The molecule has 0 bridgehead atoms. The highest BCUT2D eigenvalue weighted by molar-refractivity contribution is 7.96. The Labute approximate surface area is 209 Å². The van der Waals surface area contributed by atoms with Gasteiger partial charge in [0.1, 0.15) is 7.11 Å². The van der Waals surface area contributed by atoms with E-state index in [1.54, 1.807) is 30.4 Å². The van der Waals surface area contributed by atoms with Crippen molar-refractivity contribution in [2.24, 2.45) is 0 Å². The molecule has 3 rings (SSSR count). The molecule has 0 fully saturated rings. The number of carbonyl (C=O) groups excluding carboxylic acids is 2. The minimum absolute atomic E-state index is 0.103. The molecule has 1 aliphatic rings. The monoisotopic (exact) mass is 517 g/mol. The van der Waals surface area contributed by atoms with Crippen molar-refractivity contribution < 1.29 is 32.3 Å². The Morgan fingerprint density at radius 3 is 2.63 bits per heavy atom. The number of carbonyl (C=O) groups is 2. The first-order valence-corrected chi connectivity index (χ1v) is 12.6. The lowest BCUT2D eigenvalue weighted by Gasteiger charge is -2.13. The lowest BCUT2D eigenvalue weighted by molar-refractivity contribution is -0.889. The van der Waals surface area contributed by atoms with Gasteiger partial charge in [0.25, 0.3) is 10.0 Å². The molecule has 10 heteroatoms. The summed E-state index contributed by atoms with van der Waals surface area (Å²) in [5.41, 5.74) is 2.09. The fourth-order valence-electron chi connectivity index (χ4n) is 3.41. The molecule has 0 spiro atoms. The predicted octanol–water partition coefficient (Wildman–Crippen LogP) is 3.69. The fourth-order valence-corrected chi connectivity index (χ4v) is 4.74. The summed E-state index contributed by atoms with van der Waals surface area (Å²) in [6, 6.07) is 7.73. The fraction of sp³-hybridized carbons (Fsp3) is 0.240. The molecule has 1 heterocycles. The van der Waals surface area contributed by atoms with Crippen LogP contribution in [0.1, 0.15) is 40.9 Å². The van der Waals surface area contributed by atoms with Gasteiger partial charge in [-0.3, -0.25) is 19.1 Å². The molecular weight excluding hydrogens is 492 g/mol. The number of esters is 1. The van der Waals surface area contributed by atoms with Crippen LogP contribution >= 0.6 is 11.6 Å². The third-order valence-electron chi connectivity index (χ3n) is 5.36. The second-order valence-electron chi connectivity index (χ2n) is 7.75. The molecule has 8 nitrogen and oxygen atoms in total. The lowest BCUT2D eigenvalue weighted by Crippen LogP contribution is -2.43. The zero-order valence-electron chi connectivity index (χ0n) is 19.6. The average molecular weight is 518 g/mol. The van der Waals surface area contributed by atoms with Crippen molar-refractivity contribution >= 4 is 39.1 Å². The number of pyridine rings is 1. The molecule has 0 saturated heterocycles. The maximum absolute atomic E-state index is 13.3. The number of aryl methyl sites for hydroxylation is 1. The summed E-state index contributed by atoms with van der Waals surface area (Å²) < 4.78 is 35.0. The number of methoxy groups -OCH3 is 1. The summed E-state index contributed by atoms with van der Waals surface area (Å²) in [7, 11) is -1.20. The first-order valence-electron chi connectivity index (χ1n) is 10.7. The Morgan fingerprint density at radius 1 is 1.14 bits per heavy atom. The van der Waals surface area contributed by atoms with E-state index in [0.29, 0.717) is 12.0 Å². The first kappa shape index (κ1) is 26.2. The van der Waals surface area contributed by atoms with Crippen LogP contribution in [0.2, 0.25) is 5.02 Å². The Kier molecular flexibility index (Phi) is 8.48. The van der Waals surface area contributed by atoms with Gasteiger partial charge in [0.2, 0.25) is 17.7 Å². The van der Waals surface area contributed by atoms with Crippen molar-refractivity contribution in [1.29, 1.82) is 0 Å². The number of aromatic nitrogens is 1. The van der Waals surface area contributed by atoms with Crippen molar-refractivity contribution in [2.45, 2.75) is 26.2 Å². The number of sulfonamides is 1. The Hall–Kier alpha value is -3.43. The summed E-state index contributed by atoms with van der Waals surface area (Å²) >= 11 is 6.13. The van der Waals surface area contributed by atoms with Gasteiger partial charge >= 0.3 is 5.97 Å². The summed E-state index contributed by atoms with van der Waals surface area (Å²) in [5, 5.41) is 0.290. The normalized spacial score (nSPS) is 13.4. The molecular formula is C25H26ClN2O6S+. The van der Waals surface area contributed by atoms with Crippen LogP contribution in [-0.2, 0) is 19.6 Å². The van der Waals surface area contributed by atoms with E-state index in [2.05, 4.69) is 9.46 Å². The zero-order valence-corrected chi connectivity index (χ0v) is 21.2. The molecule has 1 aromatic carbocycles. The second kappa shape index (κ2) is 11.3. The van der Waals surface area contributed by atoms with E-state index in [0.717, 1.165) is 11.3 Å². The second-order valence-corrected chi connectivity index (χ2v) is 9.92. The number of hydrogen-bond acceptors (Lipinski definition) is 6. The van der Waals surface area contributed by atoms with Crippen LogP contribution in [0.25, 0.3) is 0 Å². The highest BCUT2D eigenvalue weighted by atomic mass is 35.5. The van der Waals surface area contributed by atoms with Crippen LogP contribution in [0.15, 0.2) is 71.3 Å². The van der Waals surface area contributed by atoms with Crippen LogP contribution < -0.4 is 14.3 Å². The molecule has 0 unspecified atom stereocenters. The van der Waals surface area contributed by atoms with Crippen LogP contribution in [0, 0.1) is 6.92 Å². The average Bonchev–Trinajstić information content (AvgIpc) is 3.10. The number of anilines is 1. The molecule has 1 aromatic heterocycles. The number of nitrogens with one attached hydrogen (secondary N) is 1. The Bertz CT molecular complexity index is 1350. The minimum Gasteiger partial charge on any atom is -0.469 e. The zero-order chi connectivity index (χ0) is 25.6. The van der Waals surface area contributed by atoms with E-state index in [9.17, 15) is 18.0 Å². The van der Waals surface area contributed by atoms with Gasteiger partial charge in [0.05, 0.1) is 23.3 Å². The third-order valence-corrected chi connectivity index (χ3v) is 7.08. The molecule has 35 heavy (non-hydrogen) atoms. The number of allylic oxidation sites excluding steroid dienone is 6. The van der Waals surface area contributed by atoms with Crippen LogP contribution in [0.5, 0.6) is 0 Å². The van der Waals surface area contributed by atoms with Crippen LogP contribution in [-0.4, -0.2) is 34.4 Å². The lowest BCUT2D eigenvalue weighted by atomic mass is 10.0. The summed E-state index contributed by atoms with van der Waals surface area (Å²) in [5.74, 6) is -0.762. The number of benzene rings is 1. The van der Waals surface area contributed by atoms with Gasteiger partial charge in [-0.05, 0) is 42.3 Å².